The summed E-state index contributed by atoms with van der Waals surface area (Å²) in [5.41, 5.74) is 7.10. The highest BCUT2D eigenvalue weighted by atomic mass is 32.2. The highest BCUT2D eigenvalue weighted by Crippen LogP contribution is 2.28. The van der Waals surface area contributed by atoms with Crippen LogP contribution in [-0.4, -0.2) is 29.0 Å². The smallest absolute Gasteiger partial charge is 0.255 e. The number of fused-ring (bicyclic) bond motifs is 1. The van der Waals surface area contributed by atoms with Gasteiger partial charge in [-0.15, -0.1) is 0 Å². The van der Waals surface area contributed by atoms with E-state index in [1.807, 2.05) is 73.7 Å². The lowest BCUT2D eigenvalue weighted by molar-refractivity contribution is 0.102. The number of unbranched alkanes of at least 4 members (excludes halogenated alkanes) is 1. The first-order chi connectivity index (χ1) is 17.6. The quantitative estimate of drug-likeness (QED) is 0.287. The van der Waals surface area contributed by atoms with Crippen molar-refractivity contribution < 1.29 is 4.79 Å². The summed E-state index contributed by atoms with van der Waals surface area (Å²) in [6.07, 6.45) is 5.51. The Morgan fingerprint density at radius 3 is 2.56 bits per heavy atom. The monoisotopic (exact) mass is 499 g/mol. The highest BCUT2D eigenvalue weighted by molar-refractivity contribution is 7.98. The van der Waals surface area contributed by atoms with E-state index in [2.05, 4.69) is 33.2 Å². The minimum absolute atomic E-state index is 0.133. The molecular formula is C29H33N5OS. The molecule has 5 rings (SSSR count). The first-order valence-electron chi connectivity index (χ1n) is 12.5. The van der Waals surface area contributed by atoms with Gasteiger partial charge in [0, 0.05) is 53.9 Å². The normalized spacial score (nSPS) is 13.1. The topological polar surface area (TPSA) is 70.2 Å². The van der Waals surface area contributed by atoms with Crippen LogP contribution in [0.5, 0.6) is 0 Å². The van der Waals surface area contributed by atoms with Gasteiger partial charge < -0.3 is 9.62 Å². The Hall–Kier alpha value is -3.42. The third kappa shape index (κ3) is 6.42. The predicted octanol–water partition coefficient (Wildman–Crippen LogP) is 7.03. The molecule has 0 aliphatic carbocycles. The number of benzene rings is 2. The molecule has 1 amide bonds. The van der Waals surface area contributed by atoms with E-state index < -0.39 is 0 Å². The molecule has 0 bridgehead atoms. The van der Waals surface area contributed by atoms with E-state index in [4.69, 9.17) is 4.98 Å². The average molecular weight is 500 g/mol. The van der Waals surface area contributed by atoms with Gasteiger partial charge in [0.1, 0.15) is 0 Å². The van der Waals surface area contributed by atoms with E-state index >= 15 is 0 Å². The molecule has 0 radical (unpaired) electrons. The van der Waals surface area contributed by atoms with Gasteiger partial charge in [0.05, 0.1) is 16.7 Å². The molecular weight excluding hydrogens is 466 g/mol. The number of rotatable bonds is 5. The summed E-state index contributed by atoms with van der Waals surface area (Å²) < 4.78 is 5.49. The predicted molar refractivity (Wildman–Crippen MR) is 152 cm³/mol. The molecule has 7 heteroatoms. The van der Waals surface area contributed by atoms with Crippen molar-refractivity contribution in [3.8, 4) is 11.3 Å². The molecule has 4 aromatic rings. The number of pyridine rings is 2. The van der Waals surface area contributed by atoms with Gasteiger partial charge in [0.2, 0.25) is 0 Å². The van der Waals surface area contributed by atoms with E-state index in [9.17, 15) is 4.79 Å². The first kappa shape index (κ1) is 25.7. The van der Waals surface area contributed by atoms with E-state index in [1.54, 1.807) is 18.3 Å². The molecule has 0 saturated carbocycles. The van der Waals surface area contributed by atoms with Crippen LogP contribution < -0.4 is 14.3 Å². The fraction of sp³-hybridized carbons (Fsp3) is 0.276. The molecule has 2 aromatic heterocycles. The van der Waals surface area contributed by atoms with Crippen LogP contribution in [0.3, 0.4) is 0 Å². The van der Waals surface area contributed by atoms with Crippen molar-refractivity contribution in [2.75, 3.05) is 22.7 Å². The Labute approximate surface area is 217 Å². The van der Waals surface area contributed by atoms with Gasteiger partial charge in [-0.3, -0.25) is 9.78 Å². The Balaban J connectivity index is 0.000000709. The van der Waals surface area contributed by atoms with Gasteiger partial charge in [-0.05, 0) is 79.6 Å². The second kappa shape index (κ2) is 12.5. The van der Waals surface area contributed by atoms with Gasteiger partial charge in [-0.25, -0.2) is 9.71 Å². The molecule has 186 valence electrons. The molecule has 6 nitrogen and oxygen atoms in total. The third-order valence-corrected chi connectivity index (χ3v) is 6.91. The first-order valence-corrected chi connectivity index (χ1v) is 13.3. The second-order valence-electron chi connectivity index (χ2n) is 8.71. The molecule has 2 aromatic carbocycles. The maximum Gasteiger partial charge on any atom is 0.255 e. The lowest BCUT2D eigenvalue weighted by Gasteiger charge is -2.27. The molecule has 36 heavy (non-hydrogen) atoms. The lowest BCUT2D eigenvalue weighted by Crippen LogP contribution is -2.29. The summed E-state index contributed by atoms with van der Waals surface area (Å²) >= 11 is 1.61. The number of hydrogen-bond donors (Lipinski definition) is 2. The molecule has 0 atom stereocenters. The van der Waals surface area contributed by atoms with Crippen LogP contribution in [0.25, 0.3) is 22.3 Å². The minimum Gasteiger partial charge on any atom is -0.322 e. The number of carbonyl (C=O) groups is 1. The number of amides is 1. The molecule has 0 unspecified atom stereocenters. The van der Waals surface area contributed by atoms with Crippen molar-refractivity contribution >= 4 is 40.4 Å². The van der Waals surface area contributed by atoms with Crippen molar-refractivity contribution in [3.63, 3.8) is 0 Å². The van der Waals surface area contributed by atoms with Gasteiger partial charge in [0.25, 0.3) is 5.91 Å². The van der Waals surface area contributed by atoms with E-state index in [0.29, 0.717) is 5.56 Å². The number of aromatic nitrogens is 2. The van der Waals surface area contributed by atoms with Crippen molar-refractivity contribution in [3.05, 3.63) is 84.1 Å². The summed E-state index contributed by atoms with van der Waals surface area (Å²) in [5.74, 6) is -0.133. The fourth-order valence-corrected chi connectivity index (χ4v) is 4.55. The molecule has 1 saturated heterocycles. The molecule has 1 fully saturated rings. The van der Waals surface area contributed by atoms with Gasteiger partial charge >= 0.3 is 0 Å². The molecule has 1 aliphatic heterocycles. The molecule has 1 aliphatic rings. The zero-order valence-corrected chi connectivity index (χ0v) is 21.9. The largest absolute Gasteiger partial charge is 0.322 e. The number of aryl methyl sites for hydroxylation is 1. The van der Waals surface area contributed by atoms with Crippen molar-refractivity contribution in [2.24, 2.45) is 0 Å². The molecule has 2 N–H and O–H groups in total. The van der Waals surface area contributed by atoms with Crippen molar-refractivity contribution in [1.29, 1.82) is 0 Å². The summed E-state index contributed by atoms with van der Waals surface area (Å²) in [7, 11) is 0. The zero-order valence-electron chi connectivity index (χ0n) is 21.1. The number of anilines is 2. The van der Waals surface area contributed by atoms with Crippen LogP contribution in [0, 0.1) is 6.92 Å². The third-order valence-electron chi connectivity index (χ3n) is 5.96. The van der Waals surface area contributed by atoms with E-state index in [-0.39, 0.29) is 5.91 Å². The minimum atomic E-state index is -0.133. The van der Waals surface area contributed by atoms with Gasteiger partial charge in [-0.2, -0.15) is 0 Å². The number of carbonyl (C=O) groups excluding carboxylic acids is 1. The van der Waals surface area contributed by atoms with E-state index in [0.717, 1.165) is 58.7 Å². The van der Waals surface area contributed by atoms with Crippen LogP contribution in [0.15, 0.2) is 72.9 Å². The Kier molecular flexibility index (Phi) is 8.92. The standard InChI is InChI=1S/C25H23N5OS.C4H10/c1-17-5-8-19(16-21(17)22-11-12-23-24(29-22)4-2-13-26-23)28-25(31)18-6-9-20(10-7-18)30-15-3-14-27-32-30;1-3-4-2/h2,4-13,16,27H,3,14-15H2,1H3,(H,28,31);3-4H2,1-2H3. The van der Waals surface area contributed by atoms with Crippen molar-refractivity contribution in [2.45, 2.75) is 40.0 Å². The van der Waals surface area contributed by atoms with E-state index in [1.165, 1.54) is 12.8 Å². The Morgan fingerprint density at radius 2 is 1.83 bits per heavy atom. The van der Waals surface area contributed by atoms with Crippen LogP contribution in [0.2, 0.25) is 0 Å². The molecule has 0 spiro atoms. The summed E-state index contributed by atoms with van der Waals surface area (Å²) in [6.45, 7) is 8.42. The maximum atomic E-state index is 12.8. The van der Waals surface area contributed by atoms with Crippen LogP contribution >= 0.6 is 12.1 Å². The van der Waals surface area contributed by atoms with Gasteiger partial charge in [-0.1, -0.05) is 32.8 Å². The summed E-state index contributed by atoms with van der Waals surface area (Å²) in [4.78, 5) is 21.9. The highest BCUT2D eigenvalue weighted by Gasteiger charge is 2.14. The van der Waals surface area contributed by atoms with Gasteiger partial charge in [0.15, 0.2) is 0 Å². The molecule has 3 heterocycles. The maximum absolute atomic E-state index is 12.8. The number of hydrogen-bond acceptors (Lipinski definition) is 6. The van der Waals surface area contributed by atoms with Crippen LogP contribution in [0.4, 0.5) is 11.4 Å². The van der Waals surface area contributed by atoms with Crippen LogP contribution in [0.1, 0.15) is 49.0 Å². The Bertz CT molecular complexity index is 1300. The fourth-order valence-electron chi connectivity index (χ4n) is 3.71. The average Bonchev–Trinajstić information content (AvgIpc) is 2.94. The number of nitrogens with zero attached hydrogens (tertiary/aromatic N) is 3. The summed E-state index contributed by atoms with van der Waals surface area (Å²) in [5, 5.41) is 3.02. The summed E-state index contributed by atoms with van der Waals surface area (Å²) in [6, 6.07) is 21.4. The Morgan fingerprint density at radius 1 is 1.03 bits per heavy atom. The second-order valence-corrected chi connectivity index (χ2v) is 9.62. The number of nitrogens with one attached hydrogen (secondary N) is 2. The zero-order chi connectivity index (χ0) is 25.3. The lowest BCUT2D eigenvalue weighted by atomic mass is 10.0. The SMILES string of the molecule is CCCC.Cc1ccc(NC(=O)c2ccc(N3CCCNS3)cc2)cc1-c1ccc2ncccc2n1. The van der Waals surface area contributed by atoms with Crippen molar-refractivity contribution in [1.82, 2.24) is 14.7 Å². The van der Waals surface area contributed by atoms with Crippen LogP contribution in [-0.2, 0) is 0 Å².